The molecule has 1 unspecified atom stereocenters. The average Bonchev–Trinajstić information content (AvgIpc) is 2.68. The van der Waals surface area contributed by atoms with E-state index in [2.05, 4.69) is 17.4 Å². The van der Waals surface area contributed by atoms with Crippen molar-refractivity contribution in [2.24, 2.45) is 0 Å². The SMILES string of the molecule is O=C(CN1CCCCC1C(=O)O)NCC1(c2ccccc2)CCOCC1. The summed E-state index contributed by atoms with van der Waals surface area (Å²) in [5.74, 6) is -0.928. The van der Waals surface area contributed by atoms with Crippen LogP contribution in [0.3, 0.4) is 0 Å². The fraction of sp³-hybridized carbons (Fsp3) is 0.600. The maximum absolute atomic E-state index is 12.5. The molecular formula is C20H28N2O4. The van der Waals surface area contributed by atoms with Crippen molar-refractivity contribution in [1.82, 2.24) is 10.2 Å². The fourth-order valence-electron chi connectivity index (χ4n) is 4.09. The molecule has 1 aromatic carbocycles. The summed E-state index contributed by atoms with van der Waals surface area (Å²) in [4.78, 5) is 25.7. The number of carboxylic acids is 1. The number of benzene rings is 1. The first-order chi connectivity index (χ1) is 12.6. The van der Waals surface area contributed by atoms with Crippen molar-refractivity contribution >= 4 is 11.9 Å². The largest absolute Gasteiger partial charge is 0.480 e. The molecule has 0 saturated carbocycles. The van der Waals surface area contributed by atoms with Crippen molar-refractivity contribution in [2.45, 2.75) is 43.6 Å². The van der Waals surface area contributed by atoms with Crippen LogP contribution in [0.1, 0.15) is 37.7 Å². The number of carbonyl (C=O) groups is 2. The lowest BCUT2D eigenvalue weighted by atomic mass is 9.74. The minimum absolute atomic E-state index is 0.0973. The molecule has 6 heteroatoms. The van der Waals surface area contributed by atoms with Gasteiger partial charge in [0.2, 0.25) is 5.91 Å². The highest BCUT2D eigenvalue weighted by atomic mass is 16.5. The Balaban J connectivity index is 1.62. The Labute approximate surface area is 154 Å². The molecule has 0 radical (unpaired) electrons. The van der Waals surface area contributed by atoms with Crippen LogP contribution < -0.4 is 5.32 Å². The van der Waals surface area contributed by atoms with Crippen molar-refractivity contribution in [2.75, 3.05) is 32.8 Å². The van der Waals surface area contributed by atoms with Crippen LogP contribution in [0.4, 0.5) is 0 Å². The van der Waals surface area contributed by atoms with Gasteiger partial charge in [-0.15, -0.1) is 0 Å². The van der Waals surface area contributed by atoms with Crippen LogP contribution in [0.2, 0.25) is 0 Å². The highest BCUT2D eigenvalue weighted by Crippen LogP contribution is 2.34. The topological polar surface area (TPSA) is 78.9 Å². The first-order valence-electron chi connectivity index (χ1n) is 9.48. The first-order valence-corrected chi connectivity index (χ1v) is 9.48. The molecule has 1 atom stereocenters. The van der Waals surface area contributed by atoms with Gasteiger partial charge in [-0.2, -0.15) is 0 Å². The molecule has 0 aromatic heterocycles. The van der Waals surface area contributed by atoms with E-state index in [-0.39, 0.29) is 17.9 Å². The van der Waals surface area contributed by atoms with Gasteiger partial charge in [0.1, 0.15) is 6.04 Å². The third-order valence-corrected chi connectivity index (χ3v) is 5.71. The van der Waals surface area contributed by atoms with E-state index < -0.39 is 12.0 Å². The number of hydrogen-bond acceptors (Lipinski definition) is 4. The standard InChI is InChI=1S/C20H28N2O4/c23-18(14-22-11-5-4-8-17(22)19(24)25)21-15-20(9-12-26-13-10-20)16-6-2-1-3-7-16/h1-3,6-7,17H,4-5,8-15H2,(H,21,23)(H,24,25). The van der Waals surface area contributed by atoms with E-state index in [1.165, 1.54) is 5.56 Å². The van der Waals surface area contributed by atoms with Crippen LogP contribution in [0.25, 0.3) is 0 Å². The van der Waals surface area contributed by atoms with Gasteiger partial charge < -0.3 is 15.2 Å². The zero-order valence-corrected chi connectivity index (χ0v) is 15.2. The number of carbonyl (C=O) groups excluding carboxylic acids is 1. The van der Waals surface area contributed by atoms with Gasteiger partial charge in [0.25, 0.3) is 0 Å². The van der Waals surface area contributed by atoms with Gasteiger partial charge in [-0.25, -0.2) is 0 Å². The van der Waals surface area contributed by atoms with Gasteiger partial charge in [0, 0.05) is 25.2 Å². The molecule has 2 aliphatic rings. The molecule has 26 heavy (non-hydrogen) atoms. The van der Waals surface area contributed by atoms with Crippen LogP contribution in [0.5, 0.6) is 0 Å². The molecule has 6 nitrogen and oxygen atoms in total. The lowest BCUT2D eigenvalue weighted by molar-refractivity contribution is -0.145. The van der Waals surface area contributed by atoms with Crippen LogP contribution in [0.15, 0.2) is 30.3 Å². The van der Waals surface area contributed by atoms with Crippen molar-refractivity contribution in [3.63, 3.8) is 0 Å². The van der Waals surface area contributed by atoms with E-state index in [0.717, 1.165) is 25.7 Å². The second-order valence-electron chi connectivity index (χ2n) is 7.36. The van der Waals surface area contributed by atoms with Crippen LogP contribution in [-0.2, 0) is 19.7 Å². The van der Waals surface area contributed by atoms with Crippen LogP contribution in [0, 0.1) is 0 Å². The first kappa shape index (κ1) is 18.9. The number of aliphatic carboxylic acids is 1. The lowest BCUT2D eigenvalue weighted by Gasteiger charge is -2.38. The van der Waals surface area contributed by atoms with Gasteiger partial charge in [0.15, 0.2) is 0 Å². The van der Waals surface area contributed by atoms with E-state index in [1.807, 2.05) is 18.2 Å². The molecule has 2 fully saturated rings. The molecule has 1 aromatic rings. The summed E-state index contributed by atoms with van der Waals surface area (Å²) in [5, 5.41) is 12.4. The minimum atomic E-state index is -0.831. The Bertz CT molecular complexity index is 613. The number of nitrogens with zero attached hydrogens (tertiary/aromatic N) is 1. The highest BCUT2D eigenvalue weighted by Gasteiger charge is 2.35. The summed E-state index contributed by atoms with van der Waals surface area (Å²) in [6.07, 6.45) is 4.22. The summed E-state index contributed by atoms with van der Waals surface area (Å²) in [7, 11) is 0. The van der Waals surface area contributed by atoms with Crippen molar-refractivity contribution in [3.05, 3.63) is 35.9 Å². The van der Waals surface area contributed by atoms with E-state index >= 15 is 0 Å². The number of nitrogens with one attached hydrogen (secondary N) is 1. The predicted octanol–water partition coefficient (Wildman–Crippen LogP) is 1.79. The summed E-state index contributed by atoms with van der Waals surface area (Å²) < 4.78 is 5.53. The summed E-state index contributed by atoms with van der Waals surface area (Å²) in [6, 6.07) is 9.74. The molecule has 0 aliphatic carbocycles. The summed E-state index contributed by atoms with van der Waals surface area (Å²) >= 11 is 0. The van der Waals surface area contributed by atoms with Crippen molar-refractivity contribution in [3.8, 4) is 0 Å². The van der Waals surface area contributed by atoms with Gasteiger partial charge in [-0.05, 0) is 37.8 Å². The van der Waals surface area contributed by atoms with Gasteiger partial charge >= 0.3 is 5.97 Å². The third-order valence-electron chi connectivity index (χ3n) is 5.71. The molecule has 2 saturated heterocycles. The molecular weight excluding hydrogens is 332 g/mol. The highest BCUT2D eigenvalue weighted by molar-refractivity contribution is 5.80. The molecule has 0 spiro atoms. The quantitative estimate of drug-likeness (QED) is 0.809. The Morgan fingerprint density at radius 2 is 1.92 bits per heavy atom. The predicted molar refractivity (Wildman–Crippen MR) is 98.0 cm³/mol. The van der Waals surface area contributed by atoms with Gasteiger partial charge in [0.05, 0.1) is 6.54 Å². The van der Waals surface area contributed by atoms with Crippen LogP contribution in [-0.4, -0.2) is 60.8 Å². The molecule has 1 amide bonds. The Hall–Kier alpha value is -1.92. The maximum atomic E-state index is 12.5. The van der Waals surface area contributed by atoms with E-state index in [1.54, 1.807) is 4.90 Å². The summed E-state index contributed by atoms with van der Waals surface area (Å²) in [6.45, 7) is 2.77. The number of ether oxygens (including phenoxy) is 1. The zero-order valence-electron chi connectivity index (χ0n) is 15.2. The number of likely N-dealkylation sites (tertiary alicyclic amines) is 1. The maximum Gasteiger partial charge on any atom is 0.320 e. The lowest BCUT2D eigenvalue weighted by Crippen LogP contribution is -2.51. The van der Waals surface area contributed by atoms with Crippen molar-refractivity contribution in [1.29, 1.82) is 0 Å². The second-order valence-corrected chi connectivity index (χ2v) is 7.36. The Kier molecular flexibility index (Phi) is 6.27. The normalized spacial score (nSPS) is 23.3. The molecule has 142 valence electrons. The monoisotopic (exact) mass is 360 g/mol. The molecule has 2 N–H and O–H groups in total. The number of rotatable bonds is 6. The van der Waals surface area contributed by atoms with E-state index in [9.17, 15) is 14.7 Å². The van der Waals surface area contributed by atoms with E-state index in [4.69, 9.17) is 4.74 Å². The van der Waals surface area contributed by atoms with Crippen LogP contribution >= 0.6 is 0 Å². The number of hydrogen-bond donors (Lipinski definition) is 2. The van der Waals surface area contributed by atoms with Gasteiger partial charge in [-0.1, -0.05) is 36.8 Å². The second kappa shape index (κ2) is 8.64. The number of amides is 1. The molecule has 3 rings (SSSR count). The molecule has 0 bridgehead atoms. The minimum Gasteiger partial charge on any atom is -0.480 e. The Morgan fingerprint density at radius 3 is 2.62 bits per heavy atom. The van der Waals surface area contributed by atoms with Gasteiger partial charge in [-0.3, -0.25) is 14.5 Å². The molecule has 2 heterocycles. The summed E-state index contributed by atoms with van der Waals surface area (Å²) in [5.41, 5.74) is 1.12. The zero-order chi connectivity index (χ0) is 18.4. The molecule has 2 aliphatic heterocycles. The van der Waals surface area contributed by atoms with E-state index in [0.29, 0.717) is 32.7 Å². The smallest absolute Gasteiger partial charge is 0.320 e. The third kappa shape index (κ3) is 4.43. The number of carboxylic acid groups (broad SMARTS) is 1. The number of piperidine rings is 1. The Morgan fingerprint density at radius 1 is 1.19 bits per heavy atom. The van der Waals surface area contributed by atoms with Crippen molar-refractivity contribution < 1.29 is 19.4 Å². The average molecular weight is 360 g/mol. The fourth-order valence-corrected chi connectivity index (χ4v) is 4.09.